The Morgan fingerprint density at radius 3 is 2.83 bits per heavy atom. The van der Waals surface area contributed by atoms with Crippen LogP contribution in [0.2, 0.25) is 0 Å². The van der Waals surface area contributed by atoms with Crippen LogP contribution in [0, 0.1) is 0 Å². The number of nitrogen functional groups attached to an aromatic ring is 1. The summed E-state index contributed by atoms with van der Waals surface area (Å²) in [5, 5.41) is 18.9. The van der Waals surface area contributed by atoms with Crippen LogP contribution in [0.1, 0.15) is 6.23 Å². The minimum absolute atomic E-state index is 0.200. The SMILES string of the molecule is Nc1nc2c(ncn2[C@@H]2O[C@@](CO)(C(F)F)[C@@H](O)[C@H]2F)c(=O)[nH]1. The van der Waals surface area contributed by atoms with Crippen LogP contribution < -0.4 is 11.3 Å². The fourth-order valence-corrected chi connectivity index (χ4v) is 2.50. The van der Waals surface area contributed by atoms with Gasteiger partial charge in [0.1, 0.15) is 6.10 Å². The highest BCUT2D eigenvalue weighted by Crippen LogP contribution is 2.42. The van der Waals surface area contributed by atoms with E-state index < -0.39 is 42.7 Å². The van der Waals surface area contributed by atoms with Gasteiger partial charge in [0.25, 0.3) is 12.0 Å². The lowest BCUT2D eigenvalue weighted by atomic mass is 9.97. The number of imidazole rings is 1. The summed E-state index contributed by atoms with van der Waals surface area (Å²) in [5.74, 6) is -0.291. The molecule has 2 aromatic rings. The van der Waals surface area contributed by atoms with E-state index in [-0.39, 0.29) is 17.1 Å². The Hall–Kier alpha value is -2.18. The first-order valence-corrected chi connectivity index (χ1v) is 6.43. The molecule has 0 radical (unpaired) electrons. The predicted octanol–water partition coefficient (Wildman–Crippen LogP) is -1.07. The number of hydrogen-bond donors (Lipinski definition) is 4. The molecule has 3 rings (SSSR count). The smallest absolute Gasteiger partial charge is 0.280 e. The molecule has 0 amide bonds. The van der Waals surface area contributed by atoms with E-state index in [0.717, 1.165) is 10.9 Å². The molecule has 12 heteroatoms. The van der Waals surface area contributed by atoms with E-state index in [0.29, 0.717) is 0 Å². The number of aromatic nitrogens is 4. The first-order valence-electron chi connectivity index (χ1n) is 6.43. The lowest BCUT2D eigenvalue weighted by Crippen LogP contribution is -2.51. The summed E-state index contributed by atoms with van der Waals surface area (Å²) >= 11 is 0. The van der Waals surface area contributed by atoms with Crippen LogP contribution >= 0.6 is 0 Å². The summed E-state index contributed by atoms with van der Waals surface area (Å²) in [6.07, 6.45) is -8.74. The number of rotatable bonds is 3. The van der Waals surface area contributed by atoms with Gasteiger partial charge in [0.15, 0.2) is 29.2 Å². The lowest BCUT2D eigenvalue weighted by Gasteiger charge is -2.28. The molecule has 0 saturated carbocycles. The van der Waals surface area contributed by atoms with E-state index in [4.69, 9.17) is 15.6 Å². The van der Waals surface area contributed by atoms with Gasteiger partial charge in [0, 0.05) is 0 Å². The van der Waals surface area contributed by atoms with E-state index >= 15 is 0 Å². The quantitative estimate of drug-likeness (QED) is 0.560. The number of fused-ring (bicyclic) bond motifs is 1. The van der Waals surface area contributed by atoms with Crippen LogP contribution in [0.15, 0.2) is 11.1 Å². The number of nitrogens with two attached hydrogens (primary N) is 1. The number of H-pyrrole nitrogens is 1. The largest absolute Gasteiger partial charge is 0.393 e. The standard InChI is InChI=1S/C11H12F3N5O4/c12-3-5(21)11(1-20,9(13)14)23-8(3)19-2-16-4-6(19)17-10(15)18-7(4)22/h2-3,5,8-9,20-21H,1H2,(H3,15,17,18,22)/t3-,5+,8-,11-/m1/s1. The average Bonchev–Trinajstić information content (AvgIpc) is 3.01. The van der Waals surface area contributed by atoms with Gasteiger partial charge in [-0.1, -0.05) is 0 Å². The van der Waals surface area contributed by atoms with Crippen LogP contribution in [0.4, 0.5) is 19.1 Å². The number of nitrogens with one attached hydrogen (secondary N) is 1. The normalized spacial score (nSPS) is 31.3. The Kier molecular flexibility index (Phi) is 3.54. The minimum Gasteiger partial charge on any atom is -0.393 e. The Balaban J connectivity index is 2.11. The van der Waals surface area contributed by atoms with Gasteiger partial charge in [-0.15, -0.1) is 0 Å². The van der Waals surface area contributed by atoms with Crippen molar-refractivity contribution in [1.82, 2.24) is 19.5 Å². The van der Waals surface area contributed by atoms with Gasteiger partial charge in [-0.05, 0) is 0 Å². The fraction of sp³-hybridized carbons (Fsp3) is 0.545. The molecule has 0 bridgehead atoms. The van der Waals surface area contributed by atoms with Crippen molar-refractivity contribution in [1.29, 1.82) is 0 Å². The molecule has 0 unspecified atom stereocenters. The Bertz CT molecular complexity index is 796. The van der Waals surface area contributed by atoms with Crippen molar-refractivity contribution in [3.63, 3.8) is 0 Å². The van der Waals surface area contributed by atoms with E-state index in [9.17, 15) is 23.1 Å². The molecule has 5 N–H and O–H groups in total. The highest BCUT2D eigenvalue weighted by Gasteiger charge is 2.61. The number of hydrogen-bond acceptors (Lipinski definition) is 7. The van der Waals surface area contributed by atoms with Crippen LogP contribution in [-0.4, -0.2) is 60.6 Å². The molecule has 0 aliphatic carbocycles. The van der Waals surface area contributed by atoms with Gasteiger partial charge < -0.3 is 20.7 Å². The molecule has 1 aliphatic rings. The molecule has 9 nitrogen and oxygen atoms in total. The van der Waals surface area contributed by atoms with Gasteiger partial charge in [0.05, 0.1) is 12.9 Å². The number of ether oxygens (including phenoxy) is 1. The monoisotopic (exact) mass is 335 g/mol. The first kappa shape index (κ1) is 15.7. The highest BCUT2D eigenvalue weighted by atomic mass is 19.3. The number of alkyl halides is 3. The summed E-state index contributed by atoms with van der Waals surface area (Å²) in [4.78, 5) is 21.3. The predicted molar refractivity (Wildman–Crippen MR) is 69.4 cm³/mol. The molecule has 0 aromatic carbocycles. The summed E-state index contributed by atoms with van der Waals surface area (Å²) in [6.45, 7) is -1.30. The number of anilines is 1. The third-order valence-corrected chi connectivity index (χ3v) is 3.76. The second-order valence-corrected chi connectivity index (χ2v) is 5.09. The van der Waals surface area contributed by atoms with Gasteiger partial charge in [-0.25, -0.2) is 18.2 Å². The second kappa shape index (κ2) is 5.18. The highest BCUT2D eigenvalue weighted by molar-refractivity contribution is 5.70. The molecule has 23 heavy (non-hydrogen) atoms. The molecule has 0 spiro atoms. The molecular weight excluding hydrogens is 323 g/mol. The van der Waals surface area contributed by atoms with Gasteiger partial charge in [-0.2, -0.15) is 4.98 Å². The molecule has 1 saturated heterocycles. The maximum atomic E-state index is 14.3. The zero-order chi connectivity index (χ0) is 16.9. The first-order chi connectivity index (χ1) is 10.8. The van der Waals surface area contributed by atoms with Crippen molar-refractivity contribution >= 4 is 17.1 Å². The van der Waals surface area contributed by atoms with Crippen LogP contribution in [0.3, 0.4) is 0 Å². The summed E-state index contributed by atoms with van der Waals surface area (Å²) in [7, 11) is 0. The van der Waals surface area contributed by atoms with Gasteiger partial charge >= 0.3 is 0 Å². The van der Waals surface area contributed by atoms with Crippen molar-refractivity contribution in [3.05, 3.63) is 16.7 Å². The summed E-state index contributed by atoms with van der Waals surface area (Å²) in [6, 6.07) is 0. The van der Waals surface area contributed by atoms with E-state index in [2.05, 4.69) is 15.0 Å². The summed E-state index contributed by atoms with van der Waals surface area (Å²) < 4.78 is 46.4. The van der Waals surface area contributed by atoms with E-state index in [1.165, 1.54) is 0 Å². The molecule has 126 valence electrons. The van der Waals surface area contributed by atoms with Crippen LogP contribution in [0.5, 0.6) is 0 Å². The Labute approximate surface area is 125 Å². The van der Waals surface area contributed by atoms with Crippen molar-refractivity contribution in [3.8, 4) is 0 Å². The Morgan fingerprint density at radius 2 is 2.26 bits per heavy atom. The third kappa shape index (κ3) is 2.09. The minimum atomic E-state index is -3.35. The van der Waals surface area contributed by atoms with Crippen molar-refractivity contribution in [2.45, 2.75) is 30.5 Å². The number of nitrogens with zero attached hydrogens (tertiary/aromatic N) is 3. The van der Waals surface area contributed by atoms with Crippen molar-refractivity contribution in [2.24, 2.45) is 0 Å². The van der Waals surface area contributed by atoms with E-state index in [1.54, 1.807) is 0 Å². The van der Waals surface area contributed by atoms with Crippen molar-refractivity contribution < 1.29 is 28.1 Å². The molecule has 4 atom stereocenters. The zero-order valence-corrected chi connectivity index (χ0v) is 11.4. The summed E-state index contributed by atoms with van der Waals surface area (Å²) in [5.41, 5.74) is 1.49. The molecule has 2 aromatic heterocycles. The van der Waals surface area contributed by atoms with Crippen molar-refractivity contribution in [2.75, 3.05) is 12.3 Å². The number of halogens is 3. The second-order valence-electron chi connectivity index (χ2n) is 5.09. The maximum absolute atomic E-state index is 14.3. The number of aromatic amines is 1. The molecule has 1 fully saturated rings. The topological polar surface area (TPSA) is 139 Å². The molecule has 3 heterocycles. The average molecular weight is 335 g/mol. The fourth-order valence-electron chi connectivity index (χ4n) is 2.50. The van der Waals surface area contributed by atoms with Gasteiger partial charge in [-0.3, -0.25) is 14.3 Å². The molecular formula is C11H12F3N5O4. The molecule has 1 aliphatic heterocycles. The third-order valence-electron chi connectivity index (χ3n) is 3.76. The zero-order valence-electron chi connectivity index (χ0n) is 11.4. The van der Waals surface area contributed by atoms with Gasteiger partial charge in [0.2, 0.25) is 5.95 Å². The number of aliphatic hydroxyl groups is 2. The van der Waals surface area contributed by atoms with Crippen LogP contribution in [-0.2, 0) is 4.74 Å². The van der Waals surface area contributed by atoms with E-state index in [1.807, 2.05) is 0 Å². The Morgan fingerprint density at radius 1 is 1.57 bits per heavy atom. The lowest BCUT2D eigenvalue weighted by molar-refractivity contribution is -0.194. The number of aliphatic hydroxyl groups excluding tert-OH is 2. The van der Waals surface area contributed by atoms with Crippen LogP contribution in [0.25, 0.3) is 11.2 Å². The maximum Gasteiger partial charge on any atom is 0.280 e.